The topological polar surface area (TPSA) is 106 Å². The number of aromatic nitrogens is 1. The van der Waals surface area contributed by atoms with Gasteiger partial charge in [-0.15, -0.1) is 0 Å². The van der Waals surface area contributed by atoms with Crippen molar-refractivity contribution in [1.29, 1.82) is 0 Å². The molecular weight excluding hydrogens is 254 g/mol. The van der Waals surface area contributed by atoms with Crippen LogP contribution in [0.1, 0.15) is 5.69 Å². The molecule has 1 aromatic carbocycles. The van der Waals surface area contributed by atoms with E-state index in [1.54, 1.807) is 24.3 Å². The molecule has 1 heterocycles. The highest BCUT2D eigenvalue weighted by molar-refractivity contribution is 5.90. The third kappa shape index (κ3) is 2.54. The molecule has 0 bridgehead atoms. The van der Waals surface area contributed by atoms with Gasteiger partial charge < -0.3 is 19.7 Å². The average molecular weight is 263 g/mol. The van der Waals surface area contributed by atoms with Gasteiger partial charge in [0.2, 0.25) is 0 Å². The second kappa shape index (κ2) is 4.81. The van der Waals surface area contributed by atoms with Crippen molar-refractivity contribution < 1.29 is 29.3 Å². The number of carbonyl (C=O) groups is 2. The lowest BCUT2D eigenvalue weighted by Crippen LogP contribution is -2.10. The second-order valence-corrected chi connectivity index (χ2v) is 3.61. The Bertz CT molecular complexity index is 667. The van der Waals surface area contributed by atoms with Crippen molar-refractivity contribution in [2.24, 2.45) is 0 Å². The fourth-order valence-corrected chi connectivity index (χ4v) is 1.68. The standard InChI is InChI=1S/C12H9NO6/c1-6-9(18-11(14)15)10(19-12(16)17)7-4-2-3-5-8(7)13-6/h2-5H,1H3,(H,14,15)(H,16,17). The fraction of sp³-hybridized carbons (Fsp3) is 0.0833. The summed E-state index contributed by atoms with van der Waals surface area (Å²) in [6.07, 6.45) is -3.14. The zero-order valence-electron chi connectivity index (χ0n) is 9.78. The molecule has 7 heteroatoms. The number of carboxylic acid groups (broad SMARTS) is 2. The number of rotatable bonds is 2. The molecule has 2 aromatic rings. The van der Waals surface area contributed by atoms with Gasteiger partial charge in [-0.3, -0.25) is 0 Å². The monoisotopic (exact) mass is 263 g/mol. The van der Waals surface area contributed by atoms with Crippen molar-refractivity contribution in [2.75, 3.05) is 0 Å². The molecule has 0 unspecified atom stereocenters. The Morgan fingerprint density at radius 3 is 2.26 bits per heavy atom. The fourth-order valence-electron chi connectivity index (χ4n) is 1.68. The molecule has 0 aliphatic carbocycles. The Hall–Kier alpha value is -2.83. The van der Waals surface area contributed by atoms with Crippen LogP contribution in [0.25, 0.3) is 10.9 Å². The Balaban J connectivity index is 2.73. The van der Waals surface area contributed by atoms with Gasteiger partial charge >= 0.3 is 12.3 Å². The van der Waals surface area contributed by atoms with E-state index in [4.69, 9.17) is 10.2 Å². The lowest BCUT2D eigenvalue weighted by atomic mass is 10.1. The van der Waals surface area contributed by atoms with E-state index in [9.17, 15) is 9.59 Å². The van der Waals surface area contributed by atoms with Crippen LogP contribution < -0.4 is 9.47 Å². The Morgan fingerprint density at radius 1 is 1.05 bits per heavy atom. The van der Waals surface area contributed by atoms with Crippen molar-refractivity contribution in [1.82, 2.24) is 4.98 Å². The molecule has 0 aliphatic heterocycles. The zero-order chi connectivity index (χ0) is 14.0. The van der Waals surface area contributed by atoms with Gasteiger partial charge in [-0.2, -0.15) is 0 Å². The van der Waals surface area contributed by atoms with E-state index in [0.717, 1.165) is 0 Å². The minimum Gasteiger partial charge on any atom is -0.449 e. The summed E-state index contributed by atoms with van der Waals surface area (Å²) < 4.78 is 9.18. The number of pyridine rings is 1. The van der Waals surface area contributed by atoms with Crippen molar-refractivity contribution in [3.8, 4) is 11.5 Å². The molecule has 1 aromatic heterocycles. The summed E-state index contributed by atoms with van der Waals surface area (Å²) in [6.45, 7) is 1.50. The van der Waals surface area contributed by atoms with Gasteiger partial charge in [-0.25, -0.2) is 14.6 Å². The van der Waals surface area contributed by atoms with Gasteiger partial charge in [0.25, 0.3) is 0 Å². The van der Waals surface area contributed by atoms with Gasteiger partial charge in [0.1, 0.15) is 0 Å². The van der Waals surface area contributed by atoms with Crippen LogP contribution in [0.3, 0.4) is 0 Å². The molecule has 0 amide bonds. The SMILES string of the molecule is Cc1nc2ccccc2c(OC(=O)O)c1OC(=O)O. The molecule has 7 nitrogen and oxygen atoms in total. The first kappa shape index (κ1) is 12.6. The van der Waals surface area contributed by atoms with Gasteiger partial charge in [-0.1, -0.05) is 12.1 Å². The van der Waals surface area contributed by atoms with Gasteiger partial charge in [-0.05, 0) is 19.1 Å². The van der Waals surface area contributed by atoms with E-state index in [0.29, 0.717) is 10.9 Å². The van der Waals surface area contributed by atoms with E-state index in [1.807, 2.05) is 0 Å². The number of fused-ring (bicyclic) bond motifs is 1. The van der Waals surface area contributed by atoms with Crippen molar-refractivity contribution in [2.45, 2.75) is 6.92 Å². The van der Waals surface area contributed by atoms with Crippen molar-refractivity contribution in [3.05, 3.63) is 30.0 Å². The third-order valence-electron chi connectivity index (χ3n) is 2.35. The molecule has 98 valence electrons. The number of para-hydroxylation sites is 1. The third-order valence-corrected chi connectivity index (χ3v) is 2.35. The average Bonchev–Trinajstić information content (AvgIpc) is 2.32. The molecule has 2 rings (SSSR count). The highest BCUT2D eigenvalue weighted by Crippen LogP contribution is 2.37. The predicted octanol–water partition coefficient (Wildman–Crippen LogP) is 2.66. The summed E-state index contributed by atoms with van der Waals surface area (Å²) in [4.78, 5) is 25.5. The first-order valence-corrected chi connectivity index (χ1v) is 5.20. The minimum atomic E-state index is -1.57. The van der Waals surface area contributed by atoms with E-state index in [-0.39, 0.29) is 17.2 Å². The highest BCUT2D eigenvalue weighted by atomic mass is 16.7. The minimum absolute atomic E-state index is 0.182. The van der Waals surface area contributed by atoms with E-state index >= 15 is 0 Å². The molecule has 0 atom stereocenters. The summed E-state index contributed by atoms with van der Waals surface area (Å²) >= 11 is 0. The van der Waals surface area contributed by atoms with Crippen LogP contribution in [0.2, 0.25) is 0 Å². The molecule has 0 saturated heterocycles. The van der Waals surface area contributed by atoms with Crippen LogP contribution >= 0.6 is 0 Å². The maximum absolute atomic E-state index is 10.7. The first-order chi connectivity index (χ1) is 8.99. The van der Waals surface area contributed by atoms with Crippen LogP contribution in [0.15, 0.2) is 24.3 Å². The predicted molar refractivity (Wildman–Crippen MR) is 63.8 cm³/mol. The molecule has 0 aliphatic rings. The van der Waals surface area contributed by atoms with Crippen molar-refractivity contribution in [3.63, 3.8) is 0 Å². The molecule has 19 heavy (non-hydrogen) atoms. The van der Waals surface area contributed by atoms with Gasteiger partial charge in [0.05, 0.1) is 11.2 Å². The van der Waals surface area contributed by atoms with Crippen LogP contribution in [-0.4, -0.2) is 27.5 Å². The van der Waals surface area contributed by atoms with E-state index < -0.39 is 12.3 Å². The number of hydrogen-bond acceptors (Lipinski definition) is 5. The number of nitrogens with zero attached hydrogens (tertiary/aromatic N) is 1. The molecular formula is C12H9NO6. The normalized spacial score (nSPS) is 10.2. The van der Waals surface area contributed by atoms with Gasteiger partial charge in [0.15, 0.2) is 11.5 Å². The maximum Gasteiger partial charge on any atom is 0.511 e. The molecule has 0 fully saturated rings. The quantitative estimate of drug-likeness (QED) is 0.802. The molecule has 0 saturated carbocycles. The summed E-state index contributed by atoms with van der Waals surface area (Å²) in [6, 6.07) is 6.59. The summed E-state index contributed by atoms with van der Waals surface area (Å²) in [5.74, 6) is -0.411. The van der Waals surface area contributed by atoms with E-state index in [1.165, 1.54) is 6.92 Å². The van der Waals surface area contributed by atoms with E-state index in [2.05, 4.69) is 14.5 Å². The lowest BCUT2D eigenvalue weighted by Gasteiger charge is -2.11. The molecule has 0 radical (unpaired) electrons. The summed E-state index contributed by atoms with van der Waals surface area (Å²) in [5, 5.41) is 17.8. The first-order valence-electron chi connectivity index (χ1n) is 5.20. The summed E-state index contributed by atoms with van der Waals surface area (Å²) in [5.41, 5.74) is 0.700. The lowest BCUT2D eigenvalue weighted by molar-refractivity contribution is 0.133. The maximum atomic E-state index is 10.7. The van der Waals surface area contributed by atoms with Crippen LogP contribution in [-0.2, 0) is 0 Å². The highest BCUT2D eigenvalue weighted by Gasteiger charge is 2.20. The second-order valence-electron chi connectivity index (χ2n) is 3.61. The Morgan fingerprint density at radius 2 is 1.63 bits per heavy atom. The Labute approximate surface area is 107 Å². The van der Waals surface area contributed by atoms with Crippen LogP contribution in [0.5, 0.6) is 11.5 Å². The number of hydrogen-bond donors (Lipinski definition) is 2. The molecule has 0 spiro atoms. The number of benzene rings is 1. The number of aryl methyl sites for hydroxylation is 1. The van der Waals surface area contributed by atoms with Gasteiger partial charge in [0, 0.05) is 5.39 Å². The zero-order valence-corrected chi connectivity index (χ0v) is 9.78. The largest absolute Gasteiger partial charge is 0.511 e. The smallest absolute Gasteiger partial charge is 0.449 e. The number of ether oxygens (including phenoxy) is 2. The summed E-state index contributed by atoms with van der Waals surface area (Å²) in [7, 11) is 0. The van der Waals surface area contributed by atoms with Crippen LogP contribution in [0.4, 0.5) is 9.59 Å². The molecule has 2 N–H and O–H groups in total. The van der Waals surface area contributed by atoms with Crippen LogP contribution in [0, 0.1) is 6.92 Å². The Kier molecular flexibility index (Phi) is 3.19. The van der Waals surface area contributed by atoms with Crippen molar-refractivity contribution >= 4 is 23.2 Å².